The van der Waals surface area contributed by atoms with Crippen molar-refractivity contribution in [1.29, 1.82) is 0 Å². The first-order chi connectivity index (χ1) is 11.5. The first-order valence-corrected chi connectivity index (χ1v) is 7.55. The van der Waals surface area contributed by atoms with Crippen LogP contribution in [0.2, 0.25) is 0 Å². The maximum atomic E-state index is 12.6. The summed E-state index contributed by atoms with van der Waals surface area (Å²) in [5.74, 6) is 0.480. The van der Waals surface area contributed by atoms with Crippen LogP contribution in [-0.2, 0) is 10.3 Å². The SMILES string of the molecule is CC1(c2ccco2)NC(=O)N(CC(O)COc2ccccc2)C1=O. The van der Waals surface area contributed by atoms with Crippen molar-refractivity contribution in [2.24, 2.45) is 0 Å². The third kappa shape index (κ3) is 2.98. The van der Waals surface area contributed by atoms with Crippen LogP contribution in [0.5, 0.6) is 5.75 Å². The standard InChI is InChI=1S/C17H18N2O5/c1-17(14-8-5-9-23-14)15(21)19(16(22)18-17)10-12(20)11-24-13-6-3-2-4-7-13/h2-9,12,20H,10-11H2,1H3,(H,18,22). The van der Waals surface area contributed by atoms with Crippen LogP contribution >= 0.6 is 0 Å². The van der Waals surface area contributed by atoms with Crippen molar-refractivity contribution >= 4 is 11.9 Å². The van der Waals surface area contributed by atoms with Gasteiger partial charge in [-0.1, -0.05) is 18.2 Å². The van der Waals surface area contributed by atoms with E-state index in [0.717, 1.165) is 4.90 Å². The van der Waals surface area contributed by atoms with E-state index in [9.17, 15) is 14.7 Å². The molecule has 1 fully saturated rings. The second kappa shape index (κ2) is 6.37. The fraction of sp³-hybridized carbons (Fsp3) is 0.294. The lowest BCUT2D eigenvalue weighted by Gasteiger charge is -2.20. The van der Waals surface area contributed by atoms with Gasteiger partial charge in [0.05, 0.1) is 12.8 Å². The van der Waals surface area contributed by atoms with E-state index in [0.29, 0.717) is 11.5 Å². The average Bonchev–Trinajstić information content (AvgIpc) is 3.19. The van der Waals surface area contributed by atoms with Crippen molar-refractivity contribution in [3.63, 3.8) is 0 Å². The summed E-state index contributed by atoms with van der Waals surface area (Å²) in [4.78, 5) is 25.7. The number of amides is 3. The van der Waals surface area contributed by atoms with E-state index in [1.807, 2.05) is 18.2 Å². The van der Waals surface area contributed by atoms with Crippen molar-refractivity contribution in [3.05, 3.63) is 54.5 Å². The number of hydrogen-bond acceptors (Lipinski definition) is 5. The van der Waals surface area contributed by atoms with Crippen LogP contribution in [0.25, 0.3) is 0 Å². The van der Waals surface area contributed by atoms with E-state index < -0.39 is 23.6 Å². The number of furan rings is 1. The van der Waals surface area contributed by atoms with E-state index >= 15 is 0 Å². The molecular formula is C17H18N2O5. The number of β-amino-alcohol motifs (C(OH)–C–C–N with tert-alkyl or cyclic N) is 1. The fourth-order valence-corrected chi connectivity index (χ4v) is 2.57. The maximum Gasteiger partial charge on any atom is 0.325 e. The van der Waals surface area contributed by atoms with Crippen LogP contribution in [-0.4, -0.2) is 41.2 Å². The number of nitrogens with one attached hydrogen (secondary N) is 1. The van der Waals surface area contributed by atoms with Crippen LogP contribution in [0.15, 0.2) is 53.1 Å². The number of urea groups is 1. The van der Waals surface area contributed by atoms with Gasteiger partial charge in [-0.25, -0.2) is 4.79 Å². The topological polar surface area (TPSA) is 92.0 Å². The lowest BCUT2D eigenvalue weighted by molar-refractivity contribution is -0.132. The molecule has 0 saturated carbocycles. The van der Waals surface area contributed by atoms with Gasteiger partial charge in [0.1, 0.15) is 24.2 Å². The molecule has 24 heavy (non-hydrogen) atoms. The third-order valence-corrected chi connectivity index (χ3v) is 3.87. The number of carbonyl (C=O) groups is 2. The molecule has 3 amide bonds. The van der Waals surface area contributed by atoms with E-state index in [1.165, 1.54) is 6.26 Å². The van der Waals surface area contributed by atoms with Crippen molar-refractivity contribution in [2.75, 3.05) is 13.2 Å². The average molecular weight is 330 g/mol. The van der Waals surface area contributed by atoms with Gasteiger partial charge in [-0.15, -0.1) is 0 Å². The minimum atomic E-state index is -1.26. The number of para-hydroxylation sites is 1. The minimum absolute atomic E-state index is 0.0292. The van der Waals surface area contributed by atoms with Gasteiger partial charge in [-0.3, -0.25) is 9.69 Å². The Balaban J connectivity index is 1.62. The summed E-state index contributed by atoms with van der Waals surface area (Å²) in [6.07, 6.45) is 0.435. The molecule has 2 aromatic rings. The van der Waals surface area contributed by atoms with Crippen LogP contribution in [0.3, 0.4) is 0 Å². The van der Waals surface area contributed by atoms with Crippen LogP contribution in [0.4, 0.5) is 4.79 Å². The monoisotopic (exact) mass is 330 g/mol. The lowest BCUT2D eigenvalue weighted by atomic mass is 9.99. The molecule has 0 spiro atoms. The smallest absolute Gasteiger partial charge is 0.325 e. The Hall–Kier alpha value is -2.80. The molecule has 7 heteroatoms. The predicted octanol–water partition coefficient (Wildman–Crippen LogP) is 1.49. The van der Waals surface area contributed by atoms with E-state index in [1.54, 1.807) is 31.2 Å². The van der Waals surface area contributed by atoms with Gasteiger partial charge >= 0.3 is 6.03 Å². The molecule has 7 nitrogen and oxygen atoms in total. The molecule has 1 aromatic heterocycles. The Kier molecular flexibility index (Phi) is 4.26. The summed E-state index contributed by atoms with van der Waals surface area (Å²) in [6.45, 7) is 1.38. The van der Waals surface area contributed by atoms with Gasteiger partial charge in [0.25, 0.3) is 5.91 Å². The fourth-order valence-electron chi connectivity index (χ4n) is 2.57. The Morgan fingerprint density at radius 1 is 1.25 bits per heavy atom. The van der Waals surface area contributed by atoms with Gasteiger partial charge in [-0.05, 0) is 31.2 Å². The number of nitrogens with zero attached hydrogens (tertiary/aromatic N) is 1. The van der Waals surface area contributed by atoms with E-state index in [-0.39, 0.29) is 13.2 Å². The molecule has 0 bridgehead atoms. The number of carbonyl (C=O) groups excluding carboxylic acids is 2. The summed E-state index contributed by atoms with van der Waals surface area (Å²) in [5, 5.41) is 12.7. The van der Waals surface area contributed by atoms with Gasteiger partial charge < -0.3 is 19.6 Å². The highest BCUT2D eigenvalue weighted by molar-refractivity contribution is 6.06. The summed E-state index contributed by atoms with van der Waals surface area (Å²) < 4.78 is 10.7. The molecule has 2 atom stereocenters. The Morgan fingerprint density at radius 3 is 2.67 bits per heavy atom. The lowest BCUT2D eigenvalue weighted by Crippen LogP contribution is -2.42. The molecule has 2 heterocycles. The van der Waals surface area contributed by atoms with Gasteiger partial charge in [0, 0.05) is 0 Å². The Morgan fingerprint density at radius 2 is 2.00 bits per heavy atom. The van der Waals surface area contributed by atoms with Crippen molar-refractivity contribution in [2.45, 2.75) is 18.6 Å². The van der Waals surface area contributed by atoms with Gasteiger partial charge in [-0.2, -0.15) is 0 Å². The Bertz CT molecular complexity index is 716. The largest absolute Gasteiger partial charge is 0.491 e. The highest BCUT2D eigenvalue weighted by atomic mass is 16.5. The molecule has 1 aromatic carbocycles. The summed E-state index contributed by atoms with van der Waals surface area (Å²) in [7, 11) is 0. The molecular weight excluding hydrogens is 312 g/mol. The molecule has 1 aliphatic rings. The quantitative estimate of drug-likeness (QED) is 0.783. The summed E-state index contributed by atoms with van der Waals surface area (Å²) in [5.41, 5.74) is -1.26. The first-order valence-electron chi connectivity index (χ1n) is 7.55. The van der Waals surface area contributed by atoms with Crippen molar-refractivity contribution in [3.8, 4) is 5.75 Å². The summed E-state index contributed by atoms with van der Waals surface area (Å²) in [6, 6.07) is 11.7. The second-order valence-electron chi connectivity index (χ2n) is 5.73. The number of rotatable bonds is 6. The number of imide groups is 1. The molecule has 3 rings (SSSR count). The Labute approximate surface area is 138 Å². The van der Waals surface area contributed by atoms with Crippen molar-refractivity contribution < 1.29 is 23.8 Å². The maximum absolute atomic E-state index is 12.6. The highest BCUT2D eigenvalue weighted by Gasteiger charge is 2.51. The molecule has 0 aliphatic carbocycles. The first kappa shape index (κ1) is 16.1. The van der Waals surface area contributed by atoms with Crippen LogP contribution in [0.1, 0.15) is 12.7 Å². The number of benzene rings is 1. The third-order valence-electron chi connectivity index (χ3n) is 3.87. The number of ether oxygens (including phenoxy) is 1. The second-order valence-corrected chi connectivity index (χ2v) is 5.73. The number of hydrogen-bond donors (Lipinski definition) is 2. The van der Waals surface area contributed by atoms with Gasteiger partial charge in [0.2, 0.25) is 0 Å². The zero-order chi connectivity index (χ0) is 17.2. The predicted molar refractivity (Wildman–Crippen MR) is 84.2 cm³/mol. The molecule has 1 saturated heterocycles. The normalized spacial score (nSPS) is 21.7. The summed E-state index contributed by atoms with van der Waals surface area (Å²) >= 11 is 0. The minimum Gasteiger partial charge on any atom is -0.491 e. The van der Waals surface area contributed by atoms with Crippen LogP contribution in [0, 0.1) is 0 Å². The number of aliphatic hydroxyl groups excluding tert-OH is 1. The molecule has 2 unspecified atom stereocenters. The molecule has 126 valence electrons. The molecule has 2 N–H and O–H groups in total. The molecule has 1 aliphatic heterocycles. The zero-order valence-electron chi connectivity index (χ0n) is 13.1. The highest BCUT2D eigenvalue weighted by Crippen LogP contribution is 2.29. The van der Waals surface area contributed by atoms with Gasteiger partial charge in [0.15, 0.2) is 5.54 Å². The van der Waals surface area contributed by atoms with E-state index in [4.69, 9.17) is 9.15 Å². The molecule has 0 radical (unpaired) electrons. The van der Waals surface area contributed by atoms with Crippen molar-refractivity contribution in [1.82, 2.24) is 10.2 Å². The van der Waals surface area contributed by atoms with E-state index in [2.05, 4.69) is 5.32 Å². The zero-order valence-corrected chi connectivity index (χ0v) is 13.1. The number of aliphatic hydroxyl groups is 1. The van der Waals surface area contributed by atoms with Crippen LogP contribution < -0.4 is 10.1 Å².